The molecule has 4 N–H and O–H groups in total. The van der Waals surface area contributed by atoms with Crippen LogP contribution in [-0.2, 0) is 9.59 Å². The fourth-order valence-electron chi connectivity index (χ4n) is 1.09. The second-order valence-electron chi connectivity index (χ2n) is 3.74. The Bertz CT molecular complexity index is 393. The number of carbonyl (C=O) groups excluding carboxylic acids is 2. The first-order valence-corrected chi connectivity index (χ1v) is 5.61. The molecule has 0 fully saturated rings. The summed E-state index contributed by atoms with van der Waals surface area (Å²) in [6.45, 7) is 1.77. The lowest BCUT2D eigenvalue weighted by Gasteiger charge is -2.09. The van der Waals surface area contributed by atoms with Crippen LogP contribution in [0.1, 0.15) is 13.3 Å². The van der Waals surface area contributed by atoms with Crippen molar-refractivity contribution in [1.29, 1.82) is 0 Å². The van der Waals surface area contributed by atoms with Gasteiger partial charge >= 0.3 is 0 Å². The fourth-order valence-corrected chi connectivity index (χ4v) is 1.09. The zero-order valence-electron chi connectivity index (χ0n) is 10.2. The summed E-state index contributed by atoms with van der Waals surface area (Å²) in [4.78, 5) is 22.4. The highest BCUT2D eigenvalue weighted by Gasteiger charge is 2.08. The summed E-state index contributed by atoms with van der Waals surface area (Å²) < 4.78 is 5.33. The number of hydrogen-bond acceptors (Lipinski definition) is 4. The number of rotatable bonds is 5. The highest BCUT2D eigenvalue weighted by molar-refractivity contribution is 5.84. The molecule has 0 heterocycles. The third-order valence-corrected chi connectivity index (χ3v) is 2.08. The fraction of sp³-hybridized carbons (Fsp3) is 0.333. The van der Waals surface area contributed by atoms with E-state index in [2.05, 4.69) is 10.9 Å². The van der Waals surface area contributed by atoms with Crippen molar-refractivity contribution >= 4 is 11.8 Å². The van der Waals surface area contributed by atoms with Crippen molar-refractivity contribution < 1.29 is 14.3 Å². The molecular weight excluding hydrogens is 234 g/mol. The van der Waals surface area contributed by atoms with Crippen LogP contribution in [0.4, 0.5) is 0 Å². The summed E-state index contributed by atoms with van der Waals surface area (Å²) in [5, 5.41) is 0. The molecule has 2 amide bonds. The van der Waals surface area contributed by atoms with E-state index in [1.54, 1.807) is 12.1 Å². The number of benzene rings is 1. The summed E-state index contributed by atoms with van der Waals surface area (Å²) in [5.41, 5.74) is 9.77. The number of carbonyl (C=O) groups is 2. The first kappa shape index (κ1) is 14.0. The number of hydrazine groups is 1. The summed E-state index contributed by atoms with van der Waals surface area (Å²) in [7, 11) is 0. The molecule has 1 atom stereocenters. The maximum absolute atomic E-state index is 11.3. The molecule has 0 aromatic heterocycles. The van der Waals surface area contributed by atoms with E-state index in [0.29, 0.717) is 5.75 Å². The third-order valence-electron chi connectivity index (χ3n) is 2.08. The normalized spacial score (nSPS) is 11.4. The van der Waals surface area contributed by atoms with E-state index in [9.17, 15) is 9.59 Å². The maximum atomic E-state index is 11.3. The molecule has 1 unspecified atom stereocenters. The molecule has 0 bridgehead atoms. The molecule has 0 radical (unpaired) electrons. The summed E-state index contributed by atoms with van der Waals surface area (Å²) in [5.74, 6) is -0.0721. The van der Waals surface area contributed by atoms with E-state index >= 15 is 0 Å². The van der Waals surface area contributed by atoms with Gasteiger partial charge in [-0.3, -0.25) is 20.4 Å². The molecular formula is C12H17N3O3. The Morgan fingerprint density at radius 3 is 2.56 bits per heavy atom. The molecule has 0 aliphatic carbocycles. The maximum Gasteiger partial charge on any atom is 0.254 e. The molecule has 6 nitrogen and oxygen atoms in total. The van der Waals surface area contributed by atoms with Gasteiger partial charge in [0, 0.05) is 0 Å². The number of amides is 2. The lowest BCUT2D eigenvalue weighted by atomic mass is 10.3. The lowest BCUT2D eigenvalue weighted by molar-refractivity contribution is -0.129. The van der Waals surface area contributed by atoms with Crippen molar-refractivity contribution in [3.05, 3.63) is 30.3 Å². The Morgan fingerprint density at radius 2 is 1.94 bits per heavy atom. The largest absolute Gasteiger partial charge is 0.493 e. The monoisotopic (exact) mass is 251 g/mol. The smallest absolute Gasteiger partial charge is 0.254 e. The number of para-hydroxylation sites is 1. The Kier molecular flexibility index (Phi) is 5.66. The minimum Gasteiger partial charge on any atom is -0.493 e. The molecule has 98 valence electrons. The van der Waals surface area contributed by atoms with Crippen molar-refractivity contribution in [1.82, 2.24) is 10.9 Å². The van der Waals surface area contributed by atoms with Crippen LogP contribution in [-0.4, -0.2) is 24.5 Å². The van der Waals surface area contributed by atoms with Gasteiger partial charge < -0.3 is 10.5 Å². The second kappa shape index (κ2) is 7.29. The van der Waals surface area contributed by atoms with Gasteiger partial charge in [0.15, 0.2) is 0 Å². The van der Waals surface area contributed by atoms with E-state index < -0.39 is 11.9 Å². The average Bonchev–Trinajstić information content (AvgIpc) is 2.37. The van der Waals surface area contributed by atoms with Gasteiger partial charge in [-0.1, -0.05) is 18.2 Å². The van der Waals surface area contributed by atoms with Crippen molar-refractivity contribution in [2.75, 3.05) is 6.61 Å². The first-order chi connectivity index (χ1) is 8.59. The third kappa shape index (κ3) is 5.31. The van der Waals surface area contributed by atoms with E-state index in [1.807, 2.05) is 18.2 Å². The summed E-state index contributed by atoms with van der Waals surface area (Å²) in [6.07, 6.45) is 0.147. The molecule has 0 saturated carbocycles. The zero-order chi connectivity index (χ0) is 13.4. The lowest BCUT2D eigenvalue weighted by Crippen LogP contribution is -2.48. The second-order valence-corrected chi connectivity index (χ2v) is 3.74. The van der Waals surface area contributed by atoms with E-state index in [4.69, 9.17) is 10.5 Å². The van der Waals surface area contributed by atoms with E-state index in [0.717, 1.165) is 0 Å². The van der Waals surface area contributed by atoms with Gasteiger partial charge in [0.2, 0.25) is 5.91 Å². The molecule has 0 aliphatic heterocycles. The van der Waals surface area contributed by atoms with Crippen LogP contribution in [0.2, 0.25) is 0 Å². The Morgan fingerprint density at radius 1 is 1.28 bits per heavy atom. The van der Waals surface area contributed by atoms with Crippen LogP contribution in [0.25, 0.3) is 0 Å². The Balaban J connectivity index is 2.16. The number of hydrogen-bond donors (Lipinski definition) is 3. The molecule has 1 aromatic rings. The van der Waals surface area contributed by atoms with Crippen LogP contribution in [0, 0.1) is 0 Å². The van der Waals surface area contributed by atoms with E-state index in [1.165, 1.54) is 6.92 Å². The van der Waals surface area contributed by atoms with Crippen LogP contribution in [0.5, 0.6) is 5.75 Å². The van der Waals surface area contributed by atoms with Crippen LogP contribution in [0.3, 0.4) is 0 Å². The molecule has 0 saturated heterocycles. The Labute approximate surface area is 105 Å². The van der Waals surface area contributed by atoms with Crippen molar-refractivity contribution in [2.24, 2.45) is 5.73 Å². The van der Waals surface area contributed by atoms with Gasteiger partial charge in [-0.05, 0) is 19.1 Å². The topological polar surface area (TPSA) is 93.5 Å². The number of nitrogens with one attached hydrogen (secondary N) is 2. The Hall–Kier alpha value is -2.08. The van der Waals surface area contributed by atoms with Crippen molar-refractivity contribution in [3.63, 3.8) is 0 Å². The van der Waals surface area contributed by atoms with Gasteiger partial charge in [0.1, 0.15) is 5.75 Å². The number of nitrogens with two attached hydrogens (primary N) is 1. The summed E-state index contributed by atoms with van der Waals surface area (Å²) >= 11 is 0. The average molecular weight is 251 g/mol. The molecule has 6 heteroatoms. The first-order valence-electron chi connectivity index (χ1n) is 5.61. The predicted octanol–water partition coefficient (Wildman–Crippen LogP) is -0.0499. The van der Waals surface area contributed by atoms with Gasteiger partial charge in [-0.25, -0.2) is 0 Å². The van der Waals surface area contributed by atoms with Gasteiger partial charge in [-0.2, -0.15) is 0 Å². The van der Waals surface area contributed by atoms with Crippen molar-refractivity contribution in [3.8, 4) is 5.75 Å². The molecule has 0 aliphatic rings. The predicted molar refractivity (Wildman–Crippen MR) is 66.5 cm³/mol. The minimum absolute atomic E-state index is 0.147. The summed E-state index contributed by atoms with van der Waals surface area (Å²) in [6, 6.07) is 8.51. The molecule has 1 rings (SSSR count). The van der Waals surface area contributed by atoms with Crippen LogP contribution >= 0.6 is 0 Å². The van der Waals surface area contributed by atoms with Crippen molar-refractivity contribution in [2.45, 2.75) is 19.4 Å². The highest BCUT2D eigenvalue weighted by Crippen LogP contribution is 2.08. The van der Waals surface area contributed by atoms with Gasteiger partial charge in [0.25, 0.3) is 5.91 Å². The molecule has 18 heavy (non-hydrogen) atoms. The standard InChI is InChI=1S/C12H17N3O3/c1-9(13)12(17)15-14-11(16)7-8-18-10-5-3-2-4-6-10/h2-6,9H,7-8,13H2,1H3,(H,14,16)(H,15,17). The van der Waals surface area contributed by atoms with Crippen LogP contribution in [0.15, 0.2) is 30.3 Å². The van der Waals surface area contributed by atoms with E-state index in [-0.39, 0.29) is 18.9 Å². The molecule has 0 spiro atoms. The zero-order valence-corrected chi connectivity index (χ0v) is 10.2. The van der Waals surface area contributed by atoms with Gasteiger partial charge in [0.05, 0.1) is 19.1 Å². The van der Waals surface area contributed by atoms with Crippen LogP contribution < -0.4 is 21.3 Å². The minimum atomic E-state index is -0.661. The SMILES string of the molecule is CC(N)C(=O)NNC(=O)CCOc1ccccc1. The quantitative estimate of drug-likeness (QED) is 0.640. The highest BCUT2D eigenvalue weighted by atomic mass is 16.5. The molecule has 1 aromatic carbocycles. The number of ether oxygens (including phenoxy) is 1. The van der Waals surface area contributed by atoms with Gasteiger partial charge in [-0.15, -0.1) is 0 Å².